The lowest BCUT2D eigenvalue weighted by Crippen LogP contribution is -2.54. The van der Waals surface area contributed by atoms with E-state index in [0.717, 1.165) is 17.8 Å². The van der Waals surface area contributed by atoms with Crippen molar-refractivity contribution in [3.8, 4) is 0 Å². The average Bonchev–Trinajstić information content (AvgIpc) is 2.90. The van der Waals surface area contributed by atoms with Gasteiger partial charge in [0.2, 0.25) is 0 Å². The monoisotopic (exact) mass is 333 g/mol. The largest absolute Gasteiger partial charge is 0.380 e. The van der Waals surface area contributed by atoms with E-state index in [9.17, 15) is 0 Å². The number of benzene rings is 2. The van der Waals surface area contributed by atoms with Crippen molar-refractivity contribution in [2.45, 2.75) is 44.1 Å². The van der Waals surface area contributed by atoms with Crippen molar-refractivity contribution < 1.29 is 0 Å². The average molecular weight is 334 g/mol. The van der Waals surface area contributed by atoms with Gasteiger partial charge in [0.1, 0.15) is 0 Å². The Kier molecular flexibility index (Phi) is 2.72. The van der Waals surface area contributed by atoms with Crippen molar-refractivity contribution in [2.75, 3.05) is 5.32 Å². The minimum atomic E-state index is 0.402. The summed E-state index contributed by atoms with van der Waals surface area (Å²) < 4.78 is 2.82. The highest BCUT2D eigenvalue weighted by Gasteiger charge is 2.50. The summed E-state index contributed by atoms with van der Waals surface area (Å²) in [4.78, 5) is 0. The lowest BCUT2D eigenvalue weighted by atomic mass is 9.53. The maximum absolute atomic E-state index is 4.03. The predicted octanol–water partition coefficient (Wildman–Crippen LogP) is 6.44. The SMILES string of the molecule is c1ccc2c(c1)sc1cc(NC34CC5CC(CC(C5)C3)C4)ccc12. The molecule has 1 N–H and O–H groups in total. The summed E-state index contributed by atoms with van der Waals surface area (Å²) in [6.45, 7) is 0. The van der Waals surface area contributed by atoms with E-state index in [0.29, 0.717) is 5.54 Å². The van der Waals surface area contributed by atoms with Crippen LogP contribution in [0.2, 0.25) is 0 Å². The number of hydrogen-bond acceptors (Lipinski definition) is 2. The topological polar surface area (TPSA) is 12.0 Å². The molecule has 0 unspecified atom stereocenters. The first-order valence-electron chi connectivity index (χ1n) is 9.46. The minimum Gasteiger partial charge on any atom is -0.380 e. The second-order valence-corrected chi connectivity index (χ2v) is 9.72. The van der Waals surface area contributed by atoms with E-state index in [1.54, 1.807) is 0 Å². The van der Waals surface area contributed by atoms with Crippen LogP contribution >= 0.6 is 11.3 Å². The van der Waals surface area contributed by atoms with E-state index in [-0.39, 0.29) is 0 Å². The van der Waals surface area contributed by atoms with Gasteiger partial charge in [-0.15, -0.1) is 11.3 Å². The summed E-state index contributed by atoms with van der Waals surface area (Å²) >= 11 is 1.93. The summed E-state index contributed by atoms with van der Waals surface area (Å²) in [6.07, 6.45) is 8.75. The number of anilines is 1. The maximum Gasteiger partial charge on any atom is 0.0381 e. The summed E-state index contributed by atoms with van der Waals surface area (Å²) in [5.74, 6) is 2.99. The first-order valence-corrected chi connectivity index (χ1v) is 10.3. The molecule has 2 heteroatoms. The van der Waals surface area contributed by atoms with Gasteiger partial charge in [-0.25, -0.2) is 0 Å². The Morgan fingerprint density at radius 2 is 1.46 bits per heavy atom. The third-order valence-corrected chi connectivity index (χ3v) is 7.96. The molecule has 122 valence electrons. The van der Waals surface area contributed by atoms with Crippen LogP contribution in [0.25, 0.3) is 20.2 Å². The Bertz CT molecular complexity index is 902. The normalized spacial score (nSPS) is 34.2. The first kappa shape index (κ1) is 13.7. The molecule has 4 bridgehead atoms. The van der Waals surface area contributed by atoms with Crippen LogP contribution in [0.4, 0.5) is 5.69 Å². The molecule has 4 saturated carbocycles. The van der Waals surface area contributed by atoms with Gasteiger partial charge < -0.3 is 5.32 Å². The van der Waals surface area contributed by atoms with Gasteiger partial charge in [0.15, 0.2) is 0 Å². The van der Waals surface area contributed by atoms with Crippen molar-refractivity contribution in [3.05, 3.63) is 42.5 Å². The van der Waals surface area contributed by atoms with Crippen molar-refractivity contribution in [1.29, 1.82) is 0 Å². The molecule has 0 spiro atoms. The van der Waals surface area contributed by atoms with E-state index in [2.05, 4.69) is 47.8 Å². The van der Waals surface area contributed by atoms with Crippen molar-refractivity contribution >= 4 is 37.2 Å². The van der Waals surface area contributed by atoms with E-state index >= 15 is 0 Å². The molecular formula is C22H23NS. The fourth-order valence-electron chi connectivity index (χ4n) is 6.37. The fraction of sp³-hybridized carbons (Fsp3) is 0.455. The zero-order valence-corrected chi connectivity index (χ0v) is 14.7. The Morgan fingerprint density at radius 3 is 2.21 bits per heavy atom. The van der Waals surface area contributed by atoms with Crippen LogP contribution in [0, 0.1) is 17.8 Å². The molecule has 3 aromatic rings. The molecule has 4 aliphatic rings. The quantitative estimate of drug-likeness (QED) is 0.569. The van der Waals surface area contributed by atoms with Gasteiger partial charge >= 0.3 is 0 Å². The lowest BCUT2D eigenvalue weighted by molar-refractivity contribution is 0.0107. The molecule has 4 fully saturated rings. The third-order valence-electron chi connectivity index (χ3n) is 6.83. The van der Waals surface area contributed by atoms with Gasteiger partial charge in [0.25, 0.3) is 0 Å². The number of hydrogen-bond donors (Lipinski definition) is 1. The Labute approximate surface area is 147 Å². The highest BCUT2D eigenvalue weighted by Crippen LogP contribution is 2.56. The van der Waals surface area contributed by atoms with Crippen molar-refractivity contribution in [3.63, 3.8) is 0 Å². The second-order valence-electron chi connectivity index (χ2n) is 8.63. The van der Waals surface area contributed by atoms with Crippen molar-refractivity contribution in [1.82, 2.24) is 0 Å². The predicted molar refractivity (Wildman–Crippen MR) is 104 cm³/mol. The molecule has 0 aliphatic heterocycles. The Balaban J connectivity index is 1.39. The van der Waals surface area contributed by atoms with Gasteiger partial charge in [0.05, 0.1) is 0 Å². The molecule has 4 aliphatic carbocycles. The zero-order chi connectivity index (χ0) is 15.7. The standard InChI is InChI=1S/C22H23NS/c1-2-4-20-18(3-1)19-6-5-17(10-21(19)24-20)23-22-11-14-7-15(12-22)9-16(8-14)13-22/h1-6,10,14-16,23H,7-9,11-13H2. The molecule has 24 heavy (non-hydrogen) atoms. The van der Waals surface area contributed by atoms with E-state index in [1.807, 2.05) is 11.3 Å². The van der Waals surface area contributed by atoms with Crippen LogP contribution in [0.1, 0.15) is 38.5 Å². The molecule has 0 atom stereocenters. The fourth-order valence-corrected chi connectivity index (χ4v) is 7.52. The molecular weight excluding hydrogens is 310 g/mol. The second kappa shape index (κ2) is 4.76. The van der Waals surface area contributed by atoms with Gasteiger partial charge in [0, 0.05) is 31.4 Å². The number of nitrogens with one attached hydrogen (secondary N) is 1. The van der Waals surface area contributed by atoms with Crippen LogP contribution in [-0.4, -0.2) is 5.54 Å². The van der Waals surface area contributed by atoms with Crippen LogP contribution in [-0.2, 0) is 0 Å². The summed E-state index contributed by atoms with van der Waals surface area (Å²) in [7, 11) is 0. The molecule has 0 radical (unpaired) electrons. The summed E-state index contributed by atoms with van der Waals surface area (Å²) in [5, 5.41) is 6.84. The van der Waals surface area contributed by atoms with Gasteiger partial charge in [-0.1, -0.05) is 24.3 Å². The molecule has 1 nitrogen and oxygen atoms in total. The highest BCUT2D eigenvalue weighted by atomic mass is 32.1. The van der Waals surface area contributed by atoms with E-state index in [4.69, 9.17) is 0 Å². The lowest BCUT2D eigenvalue weighted by Gasteiger charge is -2.57. The van der Waals surface area contributed by atoms with Crippen molar-refractivity contribution in [2.24, 2.45) is 17.8 Å². The van der Waals surface area contributed by atoms with Crippen LogP contribution < -0.4 is 5.32 Å². The molecule has 7 rings (SSSR count). The molecule has 1 aromatic heterocycles. The number of rotatable bonds is 2. The zero-order valence-electron chi connectivity index (χ0n) is 13.9. The maximum atomic E-state index is 4.03. The van der Waals surface area contributed by atoms with E-state index in [1.165, 1.54) is 64.4 Å². The third kappa shape index (κ3) is 1.99. The van der Waals surface area contributed by atoms with Crippen LogP contribution in [0.5, 0.6) is 0 Å². The minimum absolute atomic E-state index is 0.402. The Morgan fingerprint density at radius 1 is 0.792 bits per heavy atom. The van der Waals surface area contributed by atoms with Crippen LogP contribution in [0.3, 0.4) is 0 Å². The molecule has 0 amide bonds. The molecule has 0 saturated heterocycles. The summed E-state index contributed by atoms with van der Waals surface area (Å²) in [6, 6.07) is 15.8. The Hall–Kier alpha value is -1.54. The molecule has 2 aromatic carbocycles. The first-order chi connectivity index (χ1) is 11.8. The van der Waals surface area contributed by atoms with Gasteiger partial charge in [-0.2, -0.15) is 0 Å². The summed E-state index contributed by atoms with van der Waals surface area (Å²) in [5.41, 5.74) is 1.75. The van der Waals surface area contributed by atoms with Crippen LogP contribution in [0.15, 0.2) is 42.5 Å². The number of thiophene rings is 1. The number of fused-ring (bicyclic) bond motifs is 3. The smallest absolute Gasteiger partial charge is 0.0381 e. The highest BCUT2D eigenvalue weighted by molar-refractivity contribution is 7.25. The van der Waals surface area contributed by atoms with E-state index < -0.39 is 0 Å². The molecule has 1 heterocycles. The van der Waals surface area contributed by atoms with Gasteiger partial charge in [-0.3, -0.25) is 0 Å². The van der Waals surface area contributed by atoms with Gasteiger partial charge in [-0.05, 0) is 74.5 Å².